The number of carbonyl (C=O) groups is 1. The summed E-state index contributed by atoms with van der Waals surface area (Å²) in [5.74, 6) is 0.400. The van der Waals surface area contributed by atoms with Crippen molar-refractivity contribution < 1.29 is 17.9 Å². The minimum atomic E-state index is -3.34. The molecule has 1 aliphatic rings. The second-order valence-electron chi connectivity index (χ2n) is 5.92. The highest BCUT2D eigenvalue weighted by molar-refractivity contribution is 7.92. The Hall–Kier alpha value is -2.41. The first-order valence-electron chi connectivity index (χ1n) is 8.17. The van der Waals surface area contributed by atoms with Gasteiger partial charge in [0, 0.05) is 19.3 Å². The molecule has 1 aliphatic heterocycles. The number of aromatic nitrogens is 1. The third-order valence-electron chi connectivity index (χ3n) is 4.30. The van der Waals surface area contributed by atoms with Gasteiger partial charge in [0.2, 0.25) is 0 Å². The fourth-order valence-corrected chi connectivity index (χ4v) is 4.64. The van der Waals surface area contributed by atoms with Crippen molar-refractivity contribution in [3.8, 4) is 5.75 Å². The van der Waals surface area contributed by atoms with E-state index >= 15 is 0 Å². The molecule has 1 aromatic carbocycles. The van der Waals surface area contributed by atoms with Crippen molar-refractivity contribution in [2.75, 3.05) is 19.7 Å². The maximum Gasteiger partial charge on any atom is 0.260 e. The summed E-state index contributed by atoms with van der Waals surface area (Å²) in [7, 11) is -3.34. The van der Waals surface area contributed by atoms with Crippen molar-refractivity contribution in [2.45, 2.75) is 23.0 Å². The number of hydrogen-bond donors (Lipinski definition) is 0. The second kappa shape index (κ2) is 7.65. The van der Waals surface area contributed by atoms with Crippen LogP contribution in [0.4, 0.5) is 0 Å². The van der Waals surface area contributed by atoms with Gasteiger partial charge in [-0.2, -0.15) is 0 Å². The molecule has 0 aliphatic carbocycles. The Kier molecular flexibility index (Phi) is 5.33. The molecule has 0 bridgehead atoms. The van der Waals surface area contributed by atoms with Crippen LogP contribution in [0.1, 0.15) is 12.8 Å². The zero-order valence-corrected chi connectivity index (χ0v) is 14.6. The Morgan fingerprint density at radius 3 is 2.48 bits per heavy atom. The quantitative estimate of drug-likeness (QED) is 0.814. The molecule has 132 valence electrons. The van der Waals surface area contributed by atoms with Crippen LogP contribution in [0.5, 0.6) is 5.75 Å². The highest BCUT2D eigenvalue weighted by atomic mass is 32.2. The van der Waals surface area contributed by atoms with E-state index in [-0.39, 0.29) is 12.5 Å². The largest absolute Gasteiger partial charge is 0.482 e. The predicted molar refractivity (Wildman–Crippen MR) is 93.0 cm³/mol. The molecule has 0 atom stereocenters. The Bertz CT molecular complexity index is 801. The number of rotatable bonds is 5. The average Bonchev–Trinajstić information content (AvgIpc) is 2.68. The lowest BCUT2D eigenvalue weighted by Gasteiger charge is -2.31. The third-order valence-corrected chi connectivity index (χ3v) is 6.58. The normalized spacial score (nSPS) is 15.8. The van der Waals surface area contributed by atoms with E-state index in [1.54, 1.807) is 59.8 Å². The van der Waals surface area contributed by atoms with Gasteiger partial charge >= 0.3 is 0 Å². The maximum absolute atomic E-state index is 12.6. The number of pyridine rings is 1. The summed E-state index contributed by atoms with van der Waals surface area (Å²) in [5, 5.41) is -0.446. The van der Waals surface area contributed by atoms with Crippen molar-refractivity contribution in [1.29, 1.82) is 0 Å². The van der Waals surface area contributed by atoms with E-state index in [1.165, 1.54) is 0 Å². The molecular weight excluding hydrogens is 340 g/mol. The first-order valence-corrected chi connectivity index (χ1v) is 9.71. The van der Waals surface area contributed by atoms with Gasteiger partial charge in [-0.05, 0) is 37.1 Å². The van der Waals surface area contributed by atoms with Gasteiger partial charge < -0.3 is 9.64 Å². The van der Waals surface area contributed by atoms with Crippen LogP contribution < -0.4 is 4.74 Å². The minimum Gasteiger partial charge on any atom is -0.482 e. The zero-order valence-electron chi connectivity index (χ0n) is 13.7. The van der Waals surface area contributed by atoms with Gasteiger partial charge in [-0.1, -0.05) is 18.2 Å². The van der Waals surface area contributed by atoms with E-state index in [2.05, 4.69) is 4.98 Å². The molecule has 0 spiro atoms. The van der Waals surface area contributed by atoms with Crippen molar-refractivity contribution in [3.63, 3.8) is 0 Å². The molecule has 2 heterocycles. The molecule has 1 saturated heterocycles. The fraction of sp³-hybridized carbons (Fsp3) is 0.333. The number of piperidine rings is 1. The van der Waals surface area contributed by atoms with Crippen LogP contribution in [-0.4, -0.2) is 49.2 Å². The molecular formula is C18H20N2O4S. The molecule has 25 heavy (non-hydrogen) atoms. The van der Waals surface area contributed by atoms with Gasteiger partial charge in [-0.15, -0.1) is 0 Å². The molecule has 1 amide bonds. The molecule has 3 rings (SSSR count). The number of nitrogens with zero attached hydrogens (tertiary/aromatic N) is 2. The summed E-state index contributed by atoms with van der Waals surface area (Å²) >= 11 is 0. The maximum atomic E-state index is 12.6. The minimum absolute atomic E-state index is 0.0677. The van der Waals surface area contributed by atoms with Crippen LogP contribution in [0.3, 0.4) is 0 Å². The molecule has 0 unspecified atom stereocenters. The number of likely N-dealkylation sites (tertiary alicyclic amines) is 1. The van der Waals surface area contributed by atoms with E-state index in [0.717, 1.165) is 0 Å². The summed E-state index contributed by atoms with van der Waals surface area (Å²) in [6.07, 6.45) is 4.06. The summed E-state index contributed by atoms with van der Waals surface area (Å²) in [6, 6.07) is 12.0. The number of benzene rings is 1. The number of amides is 1. The van der Waals surface area contributed by atoms with E-state index in [4.69, 9.17) is 4.74 Å². The lowest BCUT2D eigenvalue weighted by Crippen LogP contribution is -2.44. The van der Waals surface area contributed by atoms with Gasteiger partial charge in [0.1, 0.15) is 5.75 Å². The molecule has 0 radical (unpaired) electrons. The van der Waals surface area contributed by atoms with Gasteiger partial charge in [0.25, 0.3) is 5.91 Å². The van der Waals surface area contributed by atoms with Gasteiger partial charge in [0.05, 0.1) is 16.3 Å². The number of ether oxygens (including phenoxy) is 1. The monoisotopic (exact) mass is 360 g/mol. The number of carbonyl (C=O) groups excluding carboxylic acids is 1. The topological polar surface area (TPSA) is 76.6 Å². The van der Waals surface area contributed by atoms with Crippen molar-refractivity contribution >= 4 is 15.7 Å². The van der Waals surface area contributed by atoms with Gasteiger partial charge in [-0.3, -0.25) is 9.78 Å². The lowest BCUT2D eigenvalue weighted by molar-refractivity contribution is -0.134. The van der Waals surface area contributed by atoms with Gasteiger partial charge in [-0.25, -0.2) is 8.42 Å². The van der Waals surface area contributed by atoms with E-state index in [0.29, 0.717) is 36.6 Å². The van der Waals surface area contributed by atoms with Crippen molar-refractivity contribution in [3.05, 3.63) is 54.9 Å². The van der Waals surface area contributed by atoms with Crippen LogP contribution in [0.15, 0.2) is 59.8 Å². The van der Waals surface area contributed by atoms with Crippen LogP contribution in [0, 0.1) is 0 Å². The molecule has 2 aromatic rings. The highest BCUT2D eigenvalue weighted by Gasteiger charge is 2.32. The van der Waals surface area contributed by atoms with E-state index in [9.17, 15) is 13.2 Å². The van der Waals surface area contributed by atoms with Crippen LogP contribution in [-0.2, 0) is 14.6 Å². The van der Waals surface area contributed by atoms with Crippen molar-refractivity contribution in [1.82, 2.24) is 9.88 Å². The van der Waals surface area contributed by atoms with Crippen LogP contribution >= 0.6 is 0 Å². The first-order chi connectivity index (χ1) is 12.1. The standard InChI is InChI=1S/C18H20N2O4S/c21-18(14-24-15-5-4-10-19-13-15)20-11-8-17(9-12-20)25(22,23)16-6-2-1-3-7-16/h1-7,10,13,17H,8-9,11-12,14H2. The Labute approximate surface area is 147 Å². The average molecular weight is 360 g/mol. The second-order valence-corrected chi connectivity index (χ2v) is 8.14. The predicted octanol–water partition coefficient (Wildman–Crippen LogP) is 1.93. The molecule has 0 saturated carbocycles. The Morgan fingerprint density at radius 1 is 1.12 bits per heavy atom. The van der Waals surface area contributed by atoms with Crippen molar-refractivity contribution in [2.24, 2.45) is 0 Å². The molecule has 7 heteroatoms. The van der Waals surface area contributed by atoms with E-state index in [1.807, 2.05) is 0 Å². The smallest absolute Gasteiger partial charge is 0.260 e. The van der Waals surface area contributed by atoms with E-state index < -0.39 is 15.1 Å². The molecule has 6 nitrogen and oxygen atoms in total. The van der Waals surface area contributed by atoms with Crippen LogP contribution in [0.25, 0.3) is 0 Å². The number of hydrogen-bond acceptors (Lipinski definition) is 5. The molecule has 1 fully saturated rings. The fourth-order valence-electron chi connectivity index (χ4n) is 2.89. The summed E-state index contributed by atoms with van der Waals surface area (Å²) in [4.78, 5) is 18.2. The molecule has 1 aromatic heterocycles. The zero-order chi connectivity index (χ0) is 17.7. The summed E-state index contributed by atoms with van der Waals surface area (Å²) in [5.41, 5.74) is 0. The Morgan fingerprint density at radius 2 is 1.84 bits per heavy atom. The first kappa shape index (κ1) is 17.4. The third kappa shape index (κ3) is 4.17. The highest BCUT2D eigenvalue weighted by Crippen LogP contribution is 2.24. The lowest BCUT2D eigenvalue weighted by atomic mass is 10.1. The number of sulfone groups is 1. The SMILES string of the molecule is O=C(COc1cccnc1)N1CCC(S(=O)(=O)c2ccccc2)CC1. The molecule has 0 N–H and O–H groups in total. The van der Waals surface area contributed by atoms with Gasteiger partial charge in [0.15, 0.2) is 16.4 Å². The summed E-state index contributed by atoms with van der Waals surface area (Å²) < 4.78 is 30.7. The Balaban J connectivity index is 1.54. The summed E-state index contributed by atoms with van der Waals surface area (Å²) in [6.45, 7) is 0.778. The van der Waals surface area contributed by atoms with Crippen LogP contribution in [0.2, 0.25) is 0 Å².